The van der Waals surface area contributed by atoms with Gasteiger partial charge in [-0.25, -0.2) is 19.2 Å². The Morgan fingerprint density at radius 3 is 1.85 bits per heavy atom. The van der Waals surface area contributed by atoms with Crippen molar-refractivity contribution in [2.45, 2.75) is 30.4 Å². The predicted octanol–water partition coefficient (Wildman–Crippen LogP) is 5.83. The van der Waals surface area contributed by atoms with Gasteiger partial charge in [0, 0.05) is 19.6 Å². The SMILES string of the molecule is COC(=O)C1=C(C(=O)OC)SC2(S1)C(C(=O)OC)=C(C(=O)OC)SC1=C2c2cc(C)ccc2N(C(=O)c2ccccc2I)C1(C)C. The van der Waals surface area contributed by atoms with Gasteiger partial charge in [0.05, 0.1) is 50.8 Å². The van der Waals surface area contributed by atoms with Gasteiger partial charge in [-0.1, -0.05) is 59.0 Å². The highest BCUT2D eigenvalue weighted by Crippen LogP contribution is 2.71. The van der Waals surface area contributed by atoms with Crippen molar-refractivity contribution in [3.05, 3.63) is 87.9 Å². The molecule has 46 heavy (non-hydrogen) atoms. The minimum absolute atomic E-state index is 0.102. The molecule has 0 aromatic heterocycles. The quantitative estimate of drug-likeness (QED) is 0.206. The number of aryl methyl sites for hydroxylation is 1. The number of fused-ring (bicyclic) bond motifs is 3. The van der Waals surface area contributed by atoms with Crippen molar-refractivity contribution in [1.82, 2.24) is 0 Å². The van der Waals surface area contributed by atoms with Gasteiger partial charge >= 0.3 is 23.9 Å². The molecule has 0 saturated heterocycles. The van der Waals surface area contributed by atoms with E-state index < -0.39 is 33.5 Å². The van der Waals surface area contributed by atoms with Crippen LogP contribution in [0.1, 0.15) is 35.3 Å². The van der Waals surface area contributed by atoms with Crippen molar-refractivity contribution < 1.29 is 42.9 Å². The lowest BCUT2D eigenvalue weighted by molar-refractivity contribution is -0.138. The first-order valence-electron chi connectivity index (χ1n) is 13.6. The summed E-state index contributed by atoms with van der Waals surface area (Å²) in [5, 5.41) is 0. The molecule has 0 radical (unpaired) electrons. The molecule has 3 aliphatic rings. The first kappa shape index (κ1) is 34.1. The number of anilines is 1. The summed E-state index contributed by atoms with van der Waals surface area (Å²) in [7, 11) is 4.72. The number of nitrogens with zero attached hydrogens (tertiary/aromatic N) is 1. The molecular formula is C32H28INO9S3. The van der Waals surface area contributed by atoms with Crippen LogP contribution in [0.3, 0.4) is 0 Å². The van der Waals surface area contributed by atoms with Crippen LogP contribution >= 0.6 is 57.9 Å². The topological polar surface area (TPSA) is 126 Å². The number of hydrogen-bond acceptors (Lipinski definition) is 12. The third kappa shape index (κ3) is 5.26. The molecular weight excluding hydrogens is 765 g/mol. The van der Waals surface area contributed by atoms with Gasteiger partial charge < -0.3 is 18.9 Å². The van der Waals surface area contributed by atoms with E-state index in [-0.39, 0.29) is 26.2 Å². The zero-order valence-electron chi connectivity index (χ0n) is 25.8. The van der Waals surface area contributed by atoms with E-state index in [1.54, 1.807) is 17.0 Å². The lowest BCUT2D eigenvalue weighted by Crippen LogP contribution is -2.54. The molecule has 0 bridgehead atoms. The smallest absolute Gasteiger partial charge is 0.345 e. The highest BCUT2D eigenvalue weighted by molar-refractivity contribution is 14.1. The molecule has 0 saturated carbocycles. The fourth-order valence-electron chi connectivity index (χ4n) is 5.55. The van der Waals surface area contributed by atoms with E-state index in [2.05, 4.69) is 22.6 Å². The molecule has 2 aromatic carbocycles. The average molecular weight is 794 g/mol. The number of ether oxygens (including phenoxy) is 4. The number of carbonyl (C=O) groups is 5. The highest BCUT2D eigenvalue weighted by Gasteiger charge is 2.61. The fourth-order valence-corrected chi connectivity index (χ4v) is 11.2. The van der Waals surface area contributed by atoms with Crippen molar-refractivity contribution >= 4 is 98.9 Å². The summed E-state index contributed by atoms with van der Waals surface area (Å²) >= 11 is 4.90. The summed E-state index contributed by atoms with van der Waals surface area (Å²) in [5.74, 6) is -3.62. The number of halogens is 1. The Hall–Kier alpha value is -3.21. The van der Waals surface area contributed by atoms with E-state index in [1.165, 1.54) is 28.4 Å². The number of carbonyl (C=O) groups excluding carboxylic acids is 5. The molecule has 0 aliphatic carbocycles. The summed E-state index contributed by atoms with van der Waals surface area (Å²) in [4.78, 5) is 70.1. The maximum Gasteiger partial charge on any atom is 0.345 e. The van der Waals surface area contributed by atoms with Crippen LogP contribution in [-0.2, 0) is 38.1 Å². The Kier molecular flexibility index (Phi) is 9.48. The minimum Gasteiger partial charge on any atom is -0.466 e. The molecule has 240 valence electrons. The van der Waals surface area contributed by atoms with Crippen molar-refractivity contribution in [1.29, 1.82) is 0 Å². The molecule has 1 amide bonds. The second-order valence-corrected chi connectivity index (χ2v) is 15.5. The Bertz CT molecular complexity index is 1800. The van der Waals surface area contributed by atoms with Gasteiger partial charge in [-0.05, 0) is 67.6 Å². The Balaban J connectivity index is 1.90. The summed E-state index contributed by atoms with van der Waals surface area (Å²) in [6, 6.07) is 12.8. The first-order chi connectivity index (χ1) is 21.8. The number of amides is 1. The highest BCUT2D eigenvalue weighted by atomic mass is 127. The van der Waals surface area contributed by atoms with Crippen LogP contribution in [0.25, 0.3) is 5.57 Å². The Morgan fingerprint density at radius 1 is 0.761 bits per heavy atom. The lowest BCUT2D eigenvalue weighted by Gasteiger charge is -2.50. The van der Waals surface area contributed by atoms with Gasteiger partial charge in [-0.3, -0.25) is 9.69 Å². The number of rotatable bonds is 5. The van der Waals surface area contributed by atoms with Crippen LogP contribution in [0.5, 0.6) is 0 Å². The zero-order chi connectivity index (χ0) is 33.7. The van der Waals surface area contributed by atoms with E-state index >= 15 is 0 Å². The number of methoxy groups -OCH3 is 4. The van der Waals surface area contributed by atoms with E-state index in [9.17, 15) is 24.0 Å². The predicted molar refractivity (Wildman–Crippen MR) is 186 cm³/mol. The lowest BCUT2D eigenvalue weighted by atomic mass is 9.82. The molecule has 0 atom stereocenters. The van der Waals surface area contributed by atoms with Crippen LogP contribution < -0.4 is 4.90 Å². The van der Waals surface area contributed by atoms with Gasteiger partial charge in [0.1, 0.15) is 18.8 Å². The number of thioether (sulfide) groups is 3. The monoisotopic (exact) mass is 793 g/mol. The molecule has 14 heteroatoms. The Labute approximate surface area is 291 Å². The second kappa shape index (κ2) is 12.8. The summed E-state index contributed by atoms with van der Waals surface area (Å²) < 4.78 is 19.6. The molecule has 0 unspecified atom stereocenters. The third-order valence-electron chi connectivity index (χ3n) is 7.60. The molecule has 10 nitrogen and oxygen atoms in total. The van der Waals surface area contributed by atoms with Crippen molar-refractivity contribution in [3.8, 4) is 0 Å². The van der Waals surface area contributed by atoms with Crippen LogP contribution in [0.2, 0.25) is 0 Å². The standard InChI is InChI=1S/C32H28INO9S3/c1-15-12-13-19-17(14-15)20-25(31(2,3)34(19)26(35)16-10-8-9-11-18(16)33)44-22(28(37)41-5)21(27(36)40-4)32(20)45-23(29(38)42-6)24(46-32)30(39)43-7/h8-14H,1-7H3. The molecule has 0 N–H and O–H groups in total. The normalized spacial score (nSPS) is 17.8. The first-order valence-corrected chi connectivity index (χ1v) is 17.1. The van der Waals surface area contributed by atoms with Crippen molar-refractivity contribution in [2.24, 2.45) is 0 Å². The number of benzene rings is 2. The second-order valence-electron chi connectivity index (χ2n) is 10.7. The third-order valence-corrected chi connectivity index (χ3v) is 13.2. The van der Waals surface area contributed by atoms with E-state index in [0.29, 0.717) is 27.3 Å². The fraction of sp³-hybridized carbons (Fsp3) is 0.281. The molecule has 3 aliphatic heterocycles. The van der Waals surface area contributed by atoms with Gasteiger partial charge in [0.2, 0.25) is 0 Å². The summed E-state index contributed by atoms with van der Waals surface area (Å²) in [5.41, 5.74) is 1.70. The summed E-state index contributed by atoms with van der Waals surface area (Å²) in [6.45, 7) is 5.58. The molecule has 1 spiro atoms. The van der Waals surface area contributed by atoms with Gasteiger partial charge in [-0.2, -0.15) is 0 Å². The number of hydrogen-bond donors (Lipinski definition) is 0. The van der Waals surface area contributed by atoms with Crippen LogP contribution in [0.4, 0.5) is 5.69 Å². The largest absolute Gasteiger partial charge is 0.466 e. The van der Waals surface area contributed by atoms with Gasteiger partial charge in [-0.15, -0.1) is 0 Å². The van der Waals surface area contributed by atoms with Crippen LogP contribution in [0.15, 0.2) is 67.7 Å². The molecule has 2 aromatic rings. The van der Waals surface area contributed by atoms with Crippen molar-refractivity contribution in [3.63, 3.8) is 0 Å². The molecule has 5 rings (SSSR count). The van der Waals surface area contributed by atoms with E-state index in [0.717, 1.165) is 44.4 Å². The van der Waals surface area contributed by atoms with Crippen LogP contribution in [0, 0.1) is 10.5 Å². The van der Waals surface area contributed by atoms with E-state index in [4.69, 9.17) is 18.9 Å². The molecule has 0 fully saturated rings. The van der Waals surface area contributed by atoms with Crippen molar-refractivity contribution in [2.75, 3.05) is 33.3 Å². The average Bonchev–Trinajstić information content (AvgIpc) is 3.43. The van der Waals surface area contributed by atoms with Crippen LogP contribution in [-0.4, -0.2) is 67.8 Å². The van der Waals surface area contributed by atoms with Gasteiger partial charge in [0.25, 0.3) is 5.91 Å². The maximum atomic E-state index is 14.5. The zero-order valence-corrected chi connectivity index (χ0v) is 30.4. The Morgan fingerprint density at radius 2 is 1.30 bits per heavy atom. The molecule has 3 heterocycles. The minimum atomic E-state index is -1.64. The summed E-state index contributed by atoms with van der Waals surface area (Å²) in [6.07, 6.45) is 0. The number of esters is 4. The van der Waals surface area contributed by atoms with E-state index in [1.807, 2.05) is 51.1 Å². The van der Waals surface area contributed by atoms with Gasteiger partial charge in [0.15, 0.2) is 0 Å². The maximum absolute atomic E-state index is 14.5.